The van der Waals surface area contributed by atoms with Crippen molar-refractivity contribution < 1.29 is 4.74 Å². The summed E-state index contributed by atoms with van der Waals surface area (Å²) in [5.74, 6) is 0.899. The largest absolute Gasteiger partial charge is 0.497 e. The Morgan fingerprint density at radius 3 is 3.17 bits per heavy atom. The van der Waals surface area contributed by atoms with Gasteiger partial charge < -0.3 is 20.3 Å². The number of ether oxygens (including phenoxy) is 1. The first-order chi connectivity index (χ1) is 8.79. The van der Waals surface area contributed by atoms with Crippen molar-refractivity contribution >= 4 is 5.69 Å². The molecular weight excluding hydrogens is 226 g/mol. The monoisotopic (exact) mass is 249 g/mol. The van der Waals surface area contributed by atoms with Gasteiger partial charge in [0.25, 0.3) is 0 Å². The molecule has 0 aliphatic carbocycles. The lowest BCUT2D eigenvalue weighted by molar-refractivity contribution is 0.194. The number of likely N-dealkylation sites (N-methyl/N-ethyl adjacent to an activating group) is 1. The van der Waals surface area contributed by atoms with Gasteiger partial charge in [-0.2, -0.15) is 0 Å². The standard InChI is InChI=1S/C14H23N3O/c1-17-9-8-15-11-13(17)6-7-16-12-4-3-5-14(10-12)18-2/h3-5,10,13,15-16H,6-9,11H2,1-2H3. The van der Waals surface area contributed by atoms with Gasteiger partial charge in [0, 0.05) is 44.0 Å². The minimum atomic E-state index is 0.636. The highest BCUT2D eigenvalue weighted by molar-refractivity contribution is 5.48. The minimum absolute atomic E-state index is 0.636. The third-order valence-corrected chi connectivity index (χ3v) is 3.52. The van der Waals surface area contributed by atoms with Crippen molar-refractivity contribution in [3.63, 3.8) is 0 Å². The van der Waals surface area contributed by atoms with Gasteiger partial charge in [0.05, 0.1) is 7.11 Å². The molecule has 0 amide bonds. The Bertz CT molecular complexity index is 370. The smallest absolute Gasteiger partial charge is 0.120 e. The number of benzene rings is 1. The first-order valence-corrected chi connectivity index (χ1v) is 6.58. The van der Waals surface area contributed by atoms with Crippen molar-refractivity contribution in [3.8, 4) is 5.75 Å². The molecule has 1 unspecified atom stereocenters. The van der Waals surface area contributed by atoms with E-state index < -0.39 is 0 Å². The van der Waals surface area contributed by atoms with Crippen LogP contribution in [0.1, 0.15) is 6.42 Å². The molecule has 1 heterocycles. The number of piperazine rings is 1. The zero-order chi connectivity index (χ0) is 12.8. The quantitative estimate of drug-likeness (QED) is 0.827. The molecule has 0 bridgehead atoms. The van der Waals surface area contributed by atoms with E-state index >= 15 is 0 Å². The fourth-order valence-electron chi connectivity index (χ4n) is 2.30. The van der Waals surface area contributed by atoms with Crippen LogP contribution < -0.4 is 15.4 Å². The normalized spacial score (nSPS) is 20.7. The van der Waals surface area contributed by atoms with Gasteiger partial charge in [0.2, 0.25) is 0 Å². The van der Waals surface area contributed by atoms with Crippen molar-refractivity contribution in [3.05, 3.63) is 24.3 Å². The van der Waals surface area contributed by atoms with E-state index in [1.165, 1.54) is 0 Å². The van der Waals surface area contributed by atoms with E-state index in [-0.39, 0.29) is 0 Å². The molecule has 18 heavy (non-hydrogen) atoms. The molecule has 100 valence electrons. The summed E-state index contributed by atoms with van der Waals surface area (Å²) >= 11 is 0. The summed E-state index contributed by atoms with van der Waals surface area (Å²) in [5.41, 5.74) is 1.13. The zero-order valence-electron chi connectivity index (χ0n) is 11.3. The summed E-state index contributed by atoms with van der Waals surface area (Å²) in [7, 11) is 3.90. The second-order valence-electron chi connectivity index (χ2n) is 4.79. The van der Waals surface area contributed by atoms with Crippen LogP contribution in [0.2, 0.25) is 0 Å². The third kappa shape index (κ3) is 3.62. The van der Waals surface area contributed by atoms with Gasteiger partial charge in [-0.05, 0) is 25.6 Å². The predicted octanol–water partition coefficient (Wildman–Crippen LogP) is 1.40. The molecule has 0 radical (unpaired) electrons. The molecule has 4 nitrogen and oxygen atoms in total. The third-order valence-electron chi connectivity index (χ3n) is 3.52. The fraction of sp³-hybridized carbons (Fsp3) is 0.571. The van der Waals surface area contributed by atoms with Gasteiger partial charge in [-0.1, -0.05) is 6.07 Å². The molecule has 1 aromatic carbocycles. The number of methoxy groups -OCH3 is 1. The van der Waals surface area contributed by atoms with E-state index in [1.807, 2.05) is 18.2 Å². The second-order valence-corrected chi connectivity index (χ2v) is 4.79. The lowest BCUT2D eigenvalue weighted by Crippen LogP contribution is -2.49. The Kier molecular flexibility index (Phi) is 4.84. The van der Waals surface area contributed by atoms with Crippen molar-refractivity contribution in [2.24, 2.45) is 0 Å². The van der Waals surface area contributed by atoms with E-state index in [0.717, 1.165) is 44.0 Å². The number of hydrogen-bond acceptors (Lipinski definition) is 4. The van der Waals surface area contributed by atoms with Crippen molar-refractivity contribution in [2.45, 2.75) is 12.5 Å². The summed E-state index contributed by atoms with van der Waals surface area (Å²) in [6.45, 7) is 4.33. The molecule has 1 aliphatic heterocycles. The second kappa shape index (κ2) is 6.61. The Balaban J connectivity index is 1.77. The first-order valence-electron chi connectivity index (χ1n) is 6.58. The summed E-state index contributed by atoms with van der Waals surface area (Å²) in [6, 6.07) is 8.71. The number of nitrogens with one attached hydrogen (secondary N) is 2. The van der Waals surface area contributed by atoms with Crippen LogP contribution in [0.5, 0.6) is 5.75 Å². The SMILES string of the molecule is COc1cccc(NCCC2CNCCN2C)c1. The predicted molar refractivity (Wildman–Crippen MR) is 75.4 cm³/mol. The summed E-state index contributed by atoms with van der Waals surface area (Å²) in [5, 5.41) is 6.90. The van der Waals surface area contributed by atoms with Gasteiger partial charge in [0.1, 0.15) is 5.75 Å². The molecular formula is C14H23N3O. The maximum Gasteiger partial charge on any atom is 0.120 e. The molecule has 0 aromatic heterocycles. The summed E-state index contributed by atoms with van der Waals surface area (Å²) in [4.78, 5) is 2.43. The Labute approximate surface area is 109 Å². The van der Waals surface area contributed by atoms with Crippen LogP contribution in [-0.2, 0) is 0 Å². The number of rotatable bonds is 5. The summed E-state index contributed by atoms with van der Waals surface area (Å²) < 4.78 is 5.21. The maximum atomic E-state index is 5.21. The maximum absolute atomic E-state index is 5.21. The lowest BCUT2D eigenvalue weighted by atomic mass is 10.1. The van der Waals surface area contributed by atoms with Crippen LogP contribution in [0.3, 0.4) is 0 Å². The first kappa shape index (κ1) is 13.2. The van der Waals surface area contributed by atoms with Gasteiger partial charge in [-0.3, -0.25) is 0 Å². The molecule has 1 fully saturated rings. The van der Waals surface area contributed by atoms with Crippen LogP contribution in [-0.4, -0.2) is 51.3 Å². The van der Waals surface area contributed by atoms with Crippen LogP contribution in [0.25, 0.3) is 0 Å². The van der Waals surface area contributed by atoms with Gasteiger partial charge in [0.15, 0.2) is 0 Å². The number of anilines is 1. The van der Waals surface area contributed by atoms with Gasteiger partial charge in [-0.15, -0.1) is 0 Å². The average Bonchev–Trinajstić information content (AvgIpc) is 2.41. The average molecular weight is 249 g/mol. The van der Waals surface area contributed by atoms with E-state index in [0.29, 0.717) is 6.04 Å². The highest BCUT2D eigenvalue weighted by atomic mass is 16.5. The Hall–Kier alpha value is -1.26. The van der Waals surface area contributed by atoms with E-state index in [9.17, 15) is 0 Å². The van der Waals surface area contributed by atoms with Crippen LogP contribution in [0.15, 0.2) is 24.3 Å². The van der Waals surface area contributed by atoms with Crippen LogP contribution in [0, 0.1) is 0 Å². The Morgan fingerprint density at radius 2 is 2.39 bits per heavy atom. The van der Waals surface area contributed by atoms with E-state index in [4.69, 9.17) is 4.74 Å². The van der Waals surface area contributed by atoms with Gasteiger partial charge in [-0.25, -0.2) is 0 Å². The molecule has 1 aromatic rings. The molecule has 1 atom stereocenters. The zero-order valence-corrected chi connectivity index (χ0v) is 11.3. The molecule has 2 N–H and O–H groups in total. The number of hydrogen-bond donors (Lipinski definition) is 2. The molecule has 0 saturated carbocycles. The molecule has 4 heteroatoms. The van der Waals surface area contributed by atoms with Gasteiger partial charge >= 0.3 is 0 Å². The highest BCUT2D eigenvalue weighted by Gasteiger charge is 2.17. The molecule has 2 rings (SSSR count). The molecule has 0 spiro atoms. The van der Waals surface area contributed by atoms with E-state index in [2.05, 4.69) is 28.6 Å². The lowest BCUT2D eigenvalue weighted by Gasteiger charge is -2.33. The minimum Gasteiger partial charge on any atom is -0.497 e. The van der Waals surface area contributed by atoms with Crippen LogP contribution in [0.4, 0.5) is 5.69 Å². The van der Waals surface area contributed by atoms with E-state index in [1.54, 1.807) is 7.11 Å². The Morgan fingerprint density at radius 1 is 1.50 bits per heavy atom. The van der Waals surface area contributed by atoms with Crippen molar-refractivity contribution in [1.82, 2.24) is 10.2 Å². The highest BCUT2D eigenvalue weighted by Crippen LogP contribution is 2.16. The topological polar surface area (TPSA) is 36.5 Å². The number of nitrogens with zero attached hydrogens (tertiary/aromatic N) is 1. The van der Waals surface area contributed by atoms with Crippen LogP contribution >= 0.6 is 0 Å². The molecule has 1 saturated heterocycles. The fourth-order valence-corrected chi connectivity index (χ4v) is 2.30. The van der Waals surface area contributed by atoms with Crippen molar-refractivity contribution in [1.29, 1.82) is 0 Å². The summed E-state index contributed by atoms with van der Waals surface area (Å²) in [6.07, 6.45) is 1.15. The molecule has 1 aliphatic rings. The van der Waals surface area contributed by atoms with Crippen molar-refractivity contribution in [2.75, 3.05) is 45.7 Å².